The van der Waals surface area contributed by atoms with Crippen LogP contribution >= 0.6 is 0 Å². The highest BCUT2D eigenvalue weighted by atomic mass is 15.0. The van der Waals surface area contributed by atoms with Crippen LogP contribution in [0, 0.1) is 6.92 Å². The van der Waals surface area contributed by atoms with E-state index in [1.807, 2.05) is 66.7 Å². The van der Waals surface area contributed by atoms with Crippen molar-refractivity contribution in [2.24, 2.45) is 0 Å². The van der Waals surface area contributed by atoms with Gasteiger partial charge in [0.25, 0.3) is 0 Å². The fourth-order valence-corrected chi connectivity index (χ4v) is 6.11. The maximum atomic E-state index is 5.04. The van der Waals surface area contributed by atoms with E-state index in [1.165, 1.54) is 27.8 Å². The average Bonchev–Trinajstić information content (AvgIpc) is 3.19. The lowest BCUT2D eigenvalue weighted by atomic mass is 9.94. The molecule has 0 fully saturated rings. The van der Waals surface area contributed by atoms with Crippen LogP contribution in [0.25, 0.3) is 78.7 Å². The van der Waals surface area contributed by atoms with Gasteiger partial charge in [0.05, 0.1) is 0 Å². The quantitative estimate of drug-likeness (QED) is 0.176. The van der Waals surface area contributed by atoms with Crippen molar-refractivity contribution >= 4 is 0 Å². The van der Waals surface area contributed by atoms with Crippen molar-refractivity contribution in [3.05, 3.63) is 188 Å². The third-order valence-electron chi connectivity index (χ3n) is 8.82. The molecular weight excluding hydrogens is 595 g/mol. The Hall–Kier alpha value is -6.45. The zero-order valence-corrected chi connectivity index (χ0v) is 27.2. The van der Waals surface area contributed by atoms with Crippen molar-refractivity contribution in [1.29, 1.82) is 0 Å². The molecule has 1 aromatic heterocycles. The Morgan fingerprint density at radius 2 is 0.510 bits per heavy atom. The van der Waals surface area contributed by atoms with Gasteiger partial charge in [-0.1, -0.05) is 169 Å². The third kappa shape index (κ3) is 6.56. The molecule has 0 bridgehead atoms. The van der Waals surface area contributed by atoms with E-state index >= 15 is 0 Å². The summed E-state index contributed by atoms with van der Waals surface area (Å²) in [6.07, 6.45) is 0. The molecule has 0 unspecified atom stereocenters. The summed E-state index contributed by atoms with van der Waals surface area (Å²) in [6.45, 7) is 2.11. The normalized spacial score (nSPS) is 11.0. The SMILES string of the molecule is Cc1ccc(-c2cc(-c3ccc(-c4ccc(-c5ccccc5)cc4)cc3)cc(-c3nc(-c4ccccc4)nc(-c4ccccc4)n3)c2)cc1. The van der Waals surface area contributed by atoms with Crippen LogP contribution in [0.2, 0.25) is 0 Å². The summed E-state index contributed by atoms with van der Waals surface area (Å²) in [6, 6.07) is 63.6. The maximum Gasteiger partial charge on any atom is 0.164 e. The highest BCUT2D eigenvalue weighted by Gasteiger charge is 2.15. The number of aromatic nitrogens is 3. The molecule has 3 heteroatoms. The van der Waals surface area contributed by atoms with Gasteiger partial charge < -0.3 is 0 Å². The third-order valence-corrected chi connectivity index (χ3v) is 8.82. The van der Waals surface area contributed by atoms with Gasteiger partial charge in [0.15, 0.2) is 17.5 Å². The molecule has 0 saturated heterocycles. The first-order chi connectivity index (χ1) is 24.2. The van der Waals surface area contributed by atoms with E-state index in [1.54, 1.807) is 0 Å². The minimum atomic E-state index is 0.637. The van der Waals surface area contributed by atoms with Crippen LogP contribution in [-0.2, 0) is 0 Å². The molecule has 232 valence electrons. The second-order valence-corrected chi connectivity index (χ2v) is 12.2. The van der Waals surface area contributed by atoms with Crippen LogP contribution in [0.3, 0.4) is 0 Å². The fraction of sp³-hybridized carbons (Fsp3) is 0.0217. The van der Waals surface area contributed by atoms with E-state index in [2.05, 4.69) is 122 Å². The number of hydrogen-bond donors (Lipinski definition) is 0. The van der Waals surface area contributed by atoms with Crippen molar-refractivity contribution in [3.63, 3.8) is 0 Å². The van der Waals surface area contributed by atoms with Gasteiger partial charge in [0, 0.05) is 16.7 Å². The Labute approximate surface area is 287 Å². The van der Waals surface area contributed by atoms with Gasteiger partial charge >= 0.3 is 0 Å². The predicted octanol–water partition coefficient (Wildman–Crippen LogP) is 11.8. The highest BCUT2D eigenvalue weighted by Crippen LogP contribution is 2.35. The summed E-state index contributed by atoms with van der Waals surface area (Å²) in [5.74, 6) is 1.93. The molecule has 0 saturated carbocycles. The van der Waals surface area contributed by atoms with E-state index in [-0.39, 0.29) is 0 Å². The van der Waals surface area contributed by atoms with Crippen molar-refractivity contribution < 1.29 is 0 Å². The number of aryl methyl sites for hydroxylation is 1. The number of benzene rings is 7. The molecule has 49 heavy (non-hydrogen) atoms. The summed E-state index contributed by atoms with van der Waals surface area (Å²) >= 11 is 0. The molecular formula is C46H33N3. The molecule has 0 atom stereocenters. The molecule has 0 aliphatic carbocycles. The van der Waals surface area contributed by atoms with E-state index in [0.29, 0.717) is 17.5 Å². The fourth-order valence-electron chi connectivity index (χ4n) is 6.11. The van der Waals surface area contributed by atoms with Crippen LogP contribution in [0.1, 0.15) is 5.56 Å². The smallest absolute Gasteiger partial charge is 0.164 e. The predicted molar refractivity (Wildman–Crippen MR) is 203 cm³/mol. The van der Waals surface area contributed by atoms with Crippen LogP contribution in [0.15, 0.2) is 182 Å². The minimum absolute atomic E-state index is 0.637. The van der Waals surface area contributed by atoms with Gasteiger partial charge in [-0.2, -0.15) is 0 Å². The second kappa shape index (κ2) is 13.3. The van der Waals surface area contributed by atoms with E-state index in [9.17, 15) is 0 Å². The van der Waals surface area contributed by atoms with Gasteiger partial charge in [0.2, 0.25) is 0 Å². The van der Waals surface area contributed by atoms with E-state index in [4.69, 9.17) is 15.0 Å². The second-order valence-electron chi connectivity index (χ2n) is 12.2. The van der Waals surface area contributed by atoms with Crippen molar-refractivity contribution in [1.82, 2.24) is 15.0 Å². The van der Waals surface area contributed by atoms with Gasteiger partial charge in [-0.15, -0.1) is 0 Å². The Morgan fingerprint density at radius 3 is 0.898 bits per heavy atom. The van der Waals surface area contributed by atoms with E-state index in [0.717, 1.165) is 38.9 Å². The summed E-state index contributed by atoms with van der Waals surface area (Å²) in [5, 5.41) is 0. The molecule has 0 amide bonds. The lowest BCUT2D eigenvalue weighted by Gasteiger charge is -2.13. The minimum Gasteiger partial charge on any atom is -0.208 e. The Kier molecular flexibility index (Phi) is 8.15. The van der Waals surface area contributed by atoms with Gasteiger partial charge in [-0.25, -0.2) is 15.0 Å². The summed E-state index contributed by atoms with van der Waals surface area (Å²) in [4.78, 5) is 15.0. The first-order valence-corrected chi connectivity index (χ1v) is 16.5. The average molecular weight is 628 g/mol. The molecule has 0 aliphatic rings. The van der Waals surface area contributed by atoms with E-state index < -0.39 is 0 Å². The van der Waals surface area contributed by atoms with Crippen LogP contribution in [-0.4, -0.2) is 15.0 Å². The van der Waals surface area contributed by atoms with Crippen LogP contribution in [0.5, 0.6) is 0 Å². The zero-order valence-electron chi connectivity index (χ0n) is 27.2. The zero-order chi connectivity index (χ0) is 33.0. The summed E-state index contributed by atoms with van der Waals surface area (Å²) in [5.41, 5.74) is 13.3. The largest absolute Gasteiger partial charge is 0.208 e. The van der Waals surface area contributed by atoms with Crippen molar-refractivity contribution in [2.75, 3.05) is 0 Å². The van der Waals surface area contributed by atoms with Gasteiger partial charge in [0.1, 0.15) is 0 Å². The summed E-state index contributed by atoms with van der Waals surface area (Å²) in [7, 11) is 0. The molecule has 0 radical (unpaired) electrons. The Balaban J connectivity index is 1.22. The van der Waals surface area contributed by atoms with Crippen LogP contribution in [0.4, 0.5) is 0 Å². The maximum absolute atomic E-state index is 5.04. The first kappa shape index (κ1) is 29.9. The number of hydrogen-bond acceptors (Lipinski definition) is 3. The highest BCUT2D eigenvalue weighted by molar-refractivity contribution is 5.81. The van der Waals surface area contributed by atoms with Gasteiger partial charge in [-0.3, -0.25) is 0 Å². The lowest BCUT2D eigenvalue weighted by molar-refractivity contribution is 1.07. The Bertz CT molecular complexity index is 2270. The van der Waals surface area contributed by atoms with Crippen molar-refractivity contribution in [2.45, 2.75) is 6.92 Å². The summed E-state index contributed by atoms with van der Waals surface area (Å²) < 4.78 is 0. The standard InChI is InChI=1S/C46H33N3/c1-32-17-19-37(20-18-32)41-29-42(38-27-25-36(26-28-38)35-23-21-34(22-24-35)33-11-5-2-6-12-33)31-43(30-41)46-48-44(39-13-7-3-8-14-39)47-45(49-46)40-15-9-4-10-16-40/h2-31H,1H3. The topological polar surface area (TPSA) is 38.7 Å². The molecule has 7 aromatic carbocycles. The molecule has 1 heterocycles. The number of nitrogens with zero attached hydrogens (tertiary/aromatic N) is 3. The monoisotopic (exact) mass is 627 g/mol. The molecule has 0 N–H and O–H groups in total. The van der Waals surface area contributed by atoms with Crippen molar-refractivity contribution in [3.8, 4) is 78.7 Å². The number of rotatable bonds is 7. The molecule has 8 aromatic rings. The molecule has 0 aliphatic heterocycles. The first-order valence-electron chi connectivity index (χ1n) is 16.5. The molecule has 0 spiro atoms. The molecule has 8 rings (SSSR count). The van der Waals surface area contributed by atoms with Gasteiger partial charge in [-0.05, 0) is 69.6 Å². The lowest BCUT2D eigenvalue weighted by Crippen LogP contribution is -2.00. The van der Waals surface area contributed by atoms with Crippen LogP contribution < -0.4 is 0 Å². The molecule has 3 nitrogen and oxygen atoms in total. The Morgan fingerprint density at radius 1 is 0.245 bits per heavy atom.